The Bertz CT molecular complexity index is 323. The van der Waals surface area contributed by atoms with E-state index in [0.717, 1.165) is 17.9 Å². The van der Waals surface area contributed by atoms with Gasteiger partial charge in [-0.3, -0.25) is 4.79 Å². The van der Waals surface area contributed by atoms with Crippen molar-refractivity contribution in [3.05, 3.63) is 29.8 Å². The first-order chi connectivity index (χ1) is 7.24. The first kappa shape index (κ1) is 11.7. The summed E-state index contributed by atoms with van der Waals surface area (Å²) in [7, 11) is 1.66. The molecule has 0 aliphatic rings. The van der Waals surface area contributed by atoms with Crippen molar-refractivity contribution in [3.63, 3.8) is 0 Å². The first-order valence-corrected chi connectivity index (χ1v) is 5.06. The van der Waals surface area contributed by atoms with E-state index in [2.05, 4.69) is 5.32 Å². The highest BCUT2D eigenvalue weighted by atomic mass is 16.5. The van der Waals surface area contributed by atoms with Crippen molar-refractivity contribution in [2.24, 2.45) is 0 Å². The van der Waals surface area contributed by atoms with E-state index in [0.29, 0.717) is 13.0 Å². The fourth-order valence-electron chi connectivity index (χ4n) is 1.34. The minimum atomic E-state index is 0.211. The van der Waals surface area contributed by atoms with Crippen LogP contribution in [0.25, 0.3) is 0 Å². The number of hydrogen-bond acceptors (Lipinski definition) is 3. The lowest BCUT2D eigenvalue weighted by Gasteiger charge is -2.08. The van der Waals surface area contributed by atoms with Crippen molar-refractivity contribution in [3.8, 4) is 5.75 Å². The molecule has 0 saturated carbocycles. The lowest BCUT2D eigenvalue weighted by molar-refractivity contribution is -0.116. The van der Waals surface area contributed by atoms with Crippen LogP contribution >= 0.6 is 0 Å². The van der Waals surface area contributed by atoms with Crippen molar-refractivity contribution < 1.29 is 9.53 Å². The van der Waals surface area contributed by atoms with Crippen molar-refractivity contribution in [1.82, 2.24) is 5.32 Å². The molecule has 0 fully saturated rings. The summed E-state index contributed by atoms with van der Waals surface area (Å²) in [6.45, 7) is 3.05. The molecule has 82 valence electrons. The molecule has 0 saturated heterocycles. The summed E-state index contributed by atoms with van der Waals surface area (Å²) < 4.78 is 5.22. The molecule has 0 unspecified atom stereocenters. The average Bonchev–Trinajstić information content (AvgIpc) is 2.24. The monoisotopic (exact) mass is 207 g/mol. The van der Waals surface area contributed by atoms with Gasteiger partial charge in [0.2, 0.25) is 0 Å². The number of methoxy groups -OCH3 is 1. The maximum atomic E-state index is 10.7. The molecule has 0 aliphatic carbocycles. The predicted octanol–water partition coefficient (Wildman–Crippen LogP) is 1.76. The van der Waals surface area contributed by atoms with E-state index in [1.807, 2.05) is 24.3 Å². The number of Topliss-reactive ketones (excluding diaryl/α,β-unsaturated/α-hetero) is 1. The number of carbonyl (C=O) groups excluding carboxylic acids is 1. The molecule has 3 nitrogen and oxygen atoms in total. The highest BCUT2D eigenvalue weighted by molar-refractivity contribution is 5.75. The number of para-hydroxylation sites is 1. The second kappa shape index (κ2) is 6.19. The summed E-state index contributed by atoms with van der Waals surface area (Å²) in [4.78, 5) is 10.7. The van der Waals surface area contributed by atoms with E-state index >= 15 is 0 Å². The molecular formula is C12H17NO2. The molecule has 1 N–H and O–H groups in total. The number of ketones is 1. The maximum Gasteiger partial charge on any atom is 0.131 e. The van der Waals surface area contributed by atoms with Crippen LogP contribution in [0.5, 0.6) is 5.75 Å². The van der Waals surface area contributed by atoms with E-state index in [-0.39, 0.29) is 5.78 Å². The van der Waals surface area contributed by atoms with Crippen LogP contribution in [0.2, 0.25) is 0 Å². The summed E-state index contributed by atoms with van der Waals surface area (Å²) >= 11 is 0. The van der Waals surface area contributed by atoms with E-state index in [1.54, 1.807) is 14.0 Å². The summed E-state index contributed by atoms with van der Waals surface area (Å²) in [5, 5.41) is 3.21. The summed E-state index contributed by atoms with van der Waals surface area (Å²) in [6, 6.07) is 7.87. The van der Waals surface area contributed by atoms with Crippen LogP contribution in [-0.4, -0.2) is 19.4 Å². The van der Waals surface area contributed by atoms with Crippen LogP contribution in [0.3, 0.4) is 0 Å². The molecule has 15 heavy (non-hydrogen) atoms. The zero-order valence-corrected chi connectivity index (χ0v) is 9.25. The second-order valence-corrected chi connectivity index (χ2v) is 3.44. The minimum absolute atomic E-state index is 0.211. The van der Waals surface area contributed by atoms with Gasteiger partial charge in [-0.25, -0.2) is 0 Å². The zero-order chi connectivity index (χ0) is 11.1. The Hall–Kier alpha value is -1.35. The number of ether oxygens (including phenoxy) is 1. The molecule has 3 heteroatoms. The number of carbonyl (C=O) groups is 1. The molecule has 1 aromatic carbocycles. The van der Waals surface area contributed by atoms with Gasteiger partial charge in [-0.05, 0) is 13.0 Å². The SMILES string of the molecule is COc1ccccc1CNCCC(C)=O. The zero-order valence-electron chi connectivity index (χ0n) is 9.25. The number of nitrogens with one attached hydrogen (secondary N) is 1. The number of benzene rings is 1. The van der Waals surface area contributed by atoms with Crippen molar-refractivity contribution in [2.45, 2.75) is 19.9 Å². The summed E-state index contributed by atoms with van der Waals surface area (Å²) in [5.74, 6) is 1.09. The highest BCUT2D eigenvalue weighted by Crippen LogP contribution is 2.16. The Balaban J connectivity index is 2.39. The topological polar surface area (TPSA) is 38.3 Å². The Kier molecular flexibility index (Phi) is 4.84. The molecule has 0 bridgehead atoms. The largest absolute Gasteiger partial charge is 0.496 e. The number of hydrogen-bond donors (Lipinski definition) is 1. The van der Waals surface area contributed by atoms with Crippen molar-refractivity contribution in [1.29, 1.82) is 0 Å². The lowest BCUT2D eigenvalue weighted by Crippen LogP contribution is -2.17. The number of rotatable bonds is 6. The first-order valence-electron chi connectivity index (χ1n) is 5.06. The lowest BCUT2D eigenvalue weighted by atomic mass is 10.2. The van der Waals surface area contributed by atoms with Gasteiger partial charge in [0, 0.05) is 25.1 Å². The minimum Gasteiger partial charge on any atom is -0.496 e. The van der Waals surface area contributed by atoms with Gasteiger partial charge >= 0.3 is 0 Å². The second-order valence-electron chi connectivity index (χ2n) is 3.44. The maximum absolute atomic E-state index is 10.7. The van der Waals surface area contributed by atoms with Gasteiger partial charge in [0.15, 0.2) is 0 Å². The fraction of sp³-hybridized carbons (Fsp3) is 0.417. The molecule has 0 aromatic heterocycles. The van der Waals surface area contributed by atoms with Crippen LogP contribution in [0, 0.1) is 0 Å². The molecule has 0 amide bonds. The third kappa shape index (κ3) is 4.13. The van der Waals surface area contributed by atoms with Gasteiger partial charge in [0.1, 0.15) is 11.5 Å². The van der Waals surface area contributed by atoms with Crippen LogP contribution in [-0.2, 0) is 11.3 Å². The normalized spacial score (nSPS) is 10.0. The van der Waals surface area contributed by atoms with Gasteiger partial charge in [-0.15, -0.1) is 0 Å². The van der Waals surface area contributed by atoms with E-state index < -0.39 is 0 Å². The molecule has 1 aromatic rings. The van der Waals surface area contributed by atoms with Crippen LogP contribution in [0.1, 0.15) is 18.9 Å². The Morgan fingerprint density at radius 2 is 2.13 bits per heavy atom. The summed E-state index contributed by atoms with van der Waals surface area (Å²) in [6.07, 6.45) is 0.579. The standard InChI is InChI=1S/C12H17NO2/c1-10(14)7-8-13-9-11-5-3-4-6-12(11)15-2/h3-6,13H,7-9H2,1-2H3. The molecule has 0 aliphatic heterocycles. The molecule has 0 atom stereocenters. The van der Waals surface area contributed by atoms with E-state index in [1.165, 1.54) is 0 Å². The van der Waals surface area contributed by atoms with Gasteiger partial charge in [0.05, 0.1) is 7.11 Å². The molecular weight excluding hydrogens is 190 g/mol. The smallest absolute Gasteiger partial charge is 0.131 e. The fourth-order valence-corrected chi connectivity index (χ4v) is 1.34. The third-order valence-corrected chi connectivity index (χ3v) is 2.16. The molecule has 0 radical (unpaired) electrons. The van der Waals surface area contributed by atoms with Gasteiger partial charge < -0.3 is 10.1 Å². The van der Waals surface area contributed by atoms with Crippen molar-refractivity contribution in [2.75, 3.05) is 13.7 Å². The van der Waals surface area contributed by atoms with Crippen LogP contribution in [0.4, 0.5) is 0 Å². The average molecular weight is 207 g/mol. The van der Waals surface area contributed by atoms with Crippen molar-refractivity contribution >= 4 is 5.78 Å². The molecule has 0 heterocycles. The Morgan fingerprint density at radius 3 is 2.80 bits per heavy atom. The summed E-state index contributed by atoms with van der Waals surface area (Å²) in [5.41, 5.74) is 1.11. The molecule has 1 rings (SSSR count). The van der Waals surface area contributed by atoms with E-state index in [9.17, 15) is 4.79 Å². The third-order valence-electron chi connectivity index (χ3n) is 2.16. The van der Waals surface area contributed by atoms with Crippen LogP contribution in [0.15, 0.2) is 24.3 Å². The van der Waals surface area contributed by atoms with Crippen LogP contribution < -0.4 is 10.1 Å². The van der Waals surface area contributed by atoms with Gasteiger partial charge in [-0.2, -0.15) is 0 Å². The Morgan fingerprint density at radius 1 is 1.40 bits per heavy atom. The van der Waals surface area contributed by atoms with Gasteiger partial charge in [-0.1, -0.05) is 18.2 Å². The quantitative estimate of drug-likeness (QED) is 0.722. The Labute approximate surface area is 90.4 Å². The molecule has 0 spiro atoms. The highest BCUT2D eigenvalue weighted by Gasteiger charge is 2.00. The van der Waals surface area contributed by atoms with Gasteiger partial charge in [0.25, 0.3) is 0 Å². The van der Waals surface area contributed by atoms with E-state index in [4.69, 9.17) is 4.74 Å². The predicted molar refractivity (Wildman–Crippen MR) is 60.0 cm³/mol.